The fourth-order valence-electron chi connectivity index (χ4n) is 3.25. The number of hydrogen-bond donors (Lipinski definition) is 2. The van der Waals surface area contributed by atoms with Crippen LogP contribution in [-0.4, -0.2) is 95.6 Å². The number of nitrogens with one attached hydrogen (secondary N) is 2. The van der Waals surface area contributed by atoms with Crippen molar-refractivity contribution in [2.24, 2.45) is 4.99 Å². The van der Waals surface area contributed by atoms with Gasteiger partial charge in [-0.3, -0.25) is 9.89 Å². The van der Waals surface area contributed by atoms with Crippen LogP contribution in [0.3, 0.4) is 0 Å². The quantitative estimate of drug-likeness (QED) is 0.511. The van der Waals surface area contributed by atoms with Crippen LogP contribution in [0, 0.1) is 0 Å². The fourth-order valence-corrected chi connectivity index (χ4v) is 3.25. The molecule has 138 valence electrons. The Morgan fingerprint density at radius 2 is 1.88 bits per heavy atom. The number of nitrogens with zero attached hydrogens (tertiary/aromatic N) is 2. The average molecular weight is 342 g/mol. The SMILES string of the molecule is CN=C(NCCN1CCOCC1)NCC1COC2(CCOCC2)O1. The third kappa shape index (κ3) is 5.03. The van der Waals surface area contributed by atoms with Crippen molar-refractivity contribution < 1.29 is 18.9 Å². The molecule has 0 saturated carbocycles. The average Bonchev–Trinajstić information content (AvgIpc) is 3.02. The molecule has 1 spiro atoms. The summed E-state index contributed by atoms with van der Waals surface area (Å²) in [6.07, 6.45) is 1.69. The molecule has 2 N–H and O–H groups in total. The topological polar surface area (TPSA) is 76.6 Å². The van der Waals surface area contributed by atoms with E-state index in [1.807, 2.05) is 0 Å². The van der Waals surface area contributed by atoms with E-state index in [-0.39, 0.29) is 6.10 Å². The number of morpholine rings is 1. The molecule has 0 aliphatic carbocycles. The monoisotopic (exact) mass is 342 g/mol. The van der Waals surface area contributed by atoms with Crippen LogP contribution >= 0.6 is 0 Å². The molecule has 24 heavy (non-hydrogen) atoms. The van der Waals surface area contributed by atoms with Crippen molar-refractivity contribution in [3.63, 3.8) is 0 Å². The zero-order valence-electron chi connectivity index (χ0n) is 14.6. The van der Waals surface area contributed by atoms with Crippen molar-refractivity contribution in [1.29, 1.82) is 0 Å². The molecule has 0 aromatic heterocycles. The molecule has 1 unspecified atom stereocenters. The number of hydrogen-bond acceptors (Lipinski definition) is 6. The predicted octanol–water partition coefficient (Wildman–Crippen LogP) is -0.594. The Labute approximate surface area is 143 Å². The van der Waals surface area contributed by atoms with E-state index < -0.39 is 5.79 Å². The van der Waals surface area contributed by atoms with E-state index in [0.29, 0.717) is 26.4 Å². The van der Waals surface area contributed by atoms with Crippen LogP contribution in [0.1, 0.15) is 12.8 Å². The molecule has 0 bridgehead atoms. The summed E-state index contributed by atoms with van der Waals surface area (Å²) < 4.78 is 22.8. The highest BCUT2D eigenvalue weighted by molar-refractivity contribution is 5.79. The standard InChI is InChI=1S/C16H30N4O4/c1-17-15(18-4-5-20-6-10-22-11-7-20)19-12-14-13-23-16(24-14)2-8-21-9-3-16/h14H,2-13H2,1H3,(H2,17,18,19). The molecule has 0 aromatic rings. The van der Waals surface area contributed by atoms with Crippen molar-refractivity contribution in [2.45, 2.75) is 24.7 Å². The Morgan fingerprint density at radius 1 is 1.12 bits per heavy atom. The molecule has 0 aromatic carbocycles. The predicted molar refractivity (Wildman–Crippen MR) is 90.2 cm³/mol. The van der Waals surface area contributed by atoms with Gasteiger partial charge < -0.3 is 29.6 Å². The lowest BCUT2D eigenvalue weighted by atomic mass is 10.1. The van der Waals surface area contributed by atoms with E-state index >= 15 is 0 Å². The van der Waals surface area contributed by atoms with E-state index in [0.717, 1.165) is 58.2 Å². The molecule has 8 heteroatoms. The Balaban J connectivity index is 1.32. The van der Waals surface area contributed by atoms with E-state index in [4.69, 9.17) is 18.9 Å². The Kier molecular flexibility index (Phi) is 6.67. The smallest absolute Gasteiger partial charge is 0.191 e. The number of rotatable bonds is 5. The second-order valence-electron chi connectivity index (χ2n) is 6.41. The normalized spacial score (nSPS) is 28.2. The highest BCUT2D eigenvalue weighted by atomic mass is 16.7. The van der Waals surface area contributed by atoms with Crippen molar-refractivity contribution in [1.82, 2.24) is 15.5 Å². The first kappa shape index (κ1) is 17.9. The molecule has 3 rings (SSSR count). The van der Waals surface area contributed by atoms with Gasteiger partial charge in [0.15, 0.2) is 11.7 Å². The third-order valence-electron chi connectivity index (χ3n) is 4.71. The van der Waals surface area contributed by atoms with Crippen LogP contribution in [0.25, 0.3) is 0 Å². The Hall–Kier alpha value is -0.930. The summed E-state index contributed by atoms with van der Waals surface area (Å²) in [4.78, 5) is 6.67. The lowest BCUT2D eigenvalue weighted by Crippen LogP contribution is -2.46. The summed E-state index contributed by atoms with van der Waals surface area (Å²) >= 11 is 0. The first-order chi connectivity index (χ1) is 11.8. The van der Waals surface area contributed by atoms with Crippen molar-refractivity contribution in [2.75, 3.05) is 72.8 Å². The molecular weight excluding hydrogens is 312 g/mol. The van der Waals surface area contributed by atoms with Gasteiger partial charge in [0.25, 0.3) is 0 Å². The van der Waals surface area contributed by atoms with Gasteiger partial charge in [0.05, 0.1) is 33.0 Å². The number of aliphatic imine (C=N–C) groups is 1. The summed E-state index contributed by atoms with van der Waals surface area (Å²) in [5, 5.41) is 6.68. The summed E-state index contributed by atoms with van der Waals surface area (Å²) in [6.45, 7) is 8.28. The molecule has 1 atom stereocenters. The second-order valence-corrected chi connectivity index (χ2v) is 6.41. The van der Waals surface area contributed by atoms with Gasteiger partial charge in [0, 0.05) is 52.6 Å². The molecule has 8 nitrogen and oxygen atoms in total. The molecule has 3 saturated heterocycles. The van der Waals surface area contributed by atoms with Crippen LogP contribution in [0.2, 0.25) is 0 Å². The molecule has 3 fully saturated rings. The van der Waals surface area contributed by atoms with Gasteiger partial charge in [-0.2, -0.15) is 0 Å². The molecule has 0 amide bonds. The minimum absolute atomic E-state index is 0.0564. The maximum Gasteiger partial charge on any atom is 0.191 e. The van der Waals surface area contributed by atoms with E-state index in [1.54, 1.807) is 7.05 Å². The van der Waals surface area contributed by atoms with Gasteiger partial charge in [-0.15, -0.1) is 0 Å². The second kappa shape index (κ2) is 8.96. The van der Waals surface area contributed by atoms with Crippen LogP contribution in [0.5, 0.6) is 0 Å². The molecule has 3 aliphatic heterocycles. The number of guanidine groups is 1. The van der Waals surface area contributed by atoms with Crippen LogP contribution in [0.4, 0.5) is 0 Å². The Bertz CT molecular complexity index is 409. The summed E-state index contributed by atoms with van der Waals surface area (Å²) in [5.74, 6) is 0.387. The van der Waals surface area contributed by atoms with Crippen LogP contribution in [0.15, 0.2) is 4.99 Å². The summed E-state index contributed by atoms with van der Waals surface area (Å²) in [6, 6.07) is 0. The van der Waals surface area contributed by atoms with Crippen LogP contribution < -0.4 is 10.6 Å². The van der Waals surface area contributed by atoms with Gasteiger partial charge in [-0.1, -0.05) is 0 Å². The van der Waals surface area contributed by atoms with Gasteiger partial charge in [0.2, 0.25) is 0 Å². The summed E-state index contributed by atoms with van der Waals surface area (Å²) in [7, 11) is 1.79. The maximum atomic E-state index is 6.11. The highest BCUT2D eigenvalue weighted by Gasteiger charge is 2.42. The maximum absolute atomic E-state index is 6.11. The summed E-state index contributed by atoms with van der Waals surface area (Å²) in [5.41, 5.74) is 0. The van der Waals surface area contributed by atoms with Crippen LogP contribution in [-0.2, 0) is 18.9 Å². The van der Waals surface area contributed by atoms with Crippen molar-refractivity contribution in [3.8, 4) is 0 Å². The first-order valence-corrected chi connectivity index (χ1v) is 8.94. The number of ether oxygens (including phenoxy) is 4. The lowest BCUT2D eigenvalue weighted by molar-refractivity contribution is -0.210. The molecule has 0 radical (unpaired) electrons. The molecule has 3 aliphatic rings. The highest BCUT2D eigenvalue weighted by Crippen LogP contribution is 2.32. The molecule has 3 heterocycles. The van der Waals surface area contributed by atoms with E-state index in [9.17, 15) is 0 Å². The molecular formula is C16H30N4O4. The lowest BCUT2D eigenvalue weighted by Gasteiger charge is -2.31. The minimum Gasteiger partial charge on any atom is -0.381 e. The minimum atomic E-state index is -0.419. The Morgan fingerprint density at radius 3 is 2.62 bits per heavy atom. The fraction of sp³-hybridized carbons (Fsp3) is 0.938. The first-order valence-electron chi connectivity index (χ1n) is 8.94. The van der Waals surface area contributed by atoms with E-state index in [1.165, 1.54) is 0 Å². The zero-order valence-corrected chi connectivity index (χ0v) is 14.6. The van der Waals surface area contributed by atoms with Gasteiger partial charge in [0.1, 0.15) is 6.10 Å². The van der Waals surface area contributed by atoms with Gasteiger partial charge in [-0.05, 0) is 0 Å². The largest absolute Gasteiger partial charge is 0.381 e. The van der Waals surface area contributed by atoms with Gasteiger partial charge >= 0.3 is 0 Å². The van der Waals surface area contributed by atoms with Crippen molar-refractivity contribution in [3.05, 3.63) is 0 Å². The third-order valence-corrected chi connectivity index (χ3v) is 4.71. The van der Waals surface area contributed by atoms with Gasteiger partial charge in [-0.25, -0.2) is 0 Å². The zero-order chi connectivity index (χ0) is 16.7. The van der Waals surface area contributed by atoms with Crippen molar-refractivity contribution >= 4 is 5.96 Å². The van der Waals surface area contributed by atoms with E-state index in [2.05, 4.69) is 20.5 Å².